The third kappa shape index (κ3) is 2.59. The fourth-order valence-electron chi connectivity index (χ4n) is 2.74. The summed E-state index contributed by atoms with van der Waals surface area (Å²) >= 11 is 0. The molecule has 118 valence electrons. The molecule has 1 fully saturated rings. The third-order valence-corrected chi connectivity index (χ3v) is 4.09. The van der Waals surface area contributed by atoms with Crippen LogP contribution in [-0.2, 0) is 15.1 Å². The monoisotopic (exact) mass is 312 g/mol. The van der Waals surface area contributed by atoms with Gasteiger partial charge in [0.1, 0.15) is 5.82 Å². The summed E-state index contributed by atoms with van der Waals surface area (Å²) in [7, 11) is 0. The van der Waals surface area contributed by atoms with Crippen LogP contribution in [0.3, 0.4) is 0 Å². The molecule has 23 heavy (non-hydrogen) atoms. The van der Waals surface area contributed by atoms with Crippen molar-refractivity contribution < 1.29 is 18.7 Å². The van der Waals surface area contributed by atoms with Crippen molar-refractivity contribution in [1.82, 2.24) is 0 Å². The maximum Gasteiger partial charge on any atom is 0.202 e. The molecule has 4 heteroatoms. The Balaban J connectivity index is 2.03. The number of ether oxygens (including phenoxy) is 1. The van der Waals surface area contributed by atoms with Gasteiger partial charge in [0.25, 0.3) is 0 Å². The van der Waals surface area contributed by atoms with Crippen LogP contribution in [0.2, 0.25) is 0 Å². The van der Waals surface area contributed by atoms with Gasteiger partial charge in [-0.05, 0) is 29.8 Å². The Morgan fingerprint density at radius 1 is 1.04 bits per heavy atom. The van der Waals surface area contributed by atoms with Crippen molar-refractivity contribution in [1.29, 1.82) is 0 Å². The molecule has 2 atom stereocenters. The van der Waals surface area contributed by atoms with E-state index in [0.29, 0.717) is 11.1 Å². The lowest BCUT2D eigenvalue weighted by Crippen LogP contribution is -2.30. The van der Waals surface area contributed by atoms with E-state index in [1.54, 1.807) is 38.1 Å². The van der Waals surface area contributed by atoms with E-state index in [9.17, 15) is 14.0 Å². The summed E-state index contributed by atoms with van der Waals surface area (Å²) in [6, 6.07) is 14.3. The molecular weight excluding hydrogens is 295 g/mol. The molecule has 2 aromatic rings. The molecule has 1 aliphatic heterocycles. The van der Waals surface area contributed by atoms with E-state index in [1.165, 1.54) is 24.3 Å². The number of hydrogen-bond acceptors (Lipinski definition) is 3. The van der Waals surface area contributed by atoms with Crippen LogP contribution < -0.4 is 0 Å². The molecule has 0 saturated carbocycles. The van der Waals surface area contributed by atoms with E-state index in [1.807, 2.05) is 6.07 Å². The summed E-state index contributed by atoms with van der Waals surface area (Å²) in [6.07, 6.45) is -0.789. The lowest BCUT2D eigenvalue weighted by Gasteiger charge is -2.13. The Morgan fingerprint density at radius 3 is 2.22 bits per heavy atom. The molecular formula is C19H17FO3. The molecule has 3 rings (SSSR count). The van der Waals surface area contributed by atoms with Gasteiger partial charge in [0.05, 0.1) is 0 Å². The summed E-state index contributed by atoms with van der Waals surface area (Å²) in [5, 5.41) is 0. The average Bonchev–Trinajstić information content (AvgIpc) is 3.31. The molecule has 1 saturated heterocycles. The number of carbonyl (C=O) groups excluding carboxylic acids is 2. The van der Waals surface area contributed by atoms with E-state index in [0.717, 1.165) is 0 Å². The average molecular weight is 312 g/mol. The second-order valence-corrected chi connectivity index (χ2v) is 5.99. The van der Waals surface area contributed by atoms with Crippen LogP contribution >= 0.6 is 0 Å². The summed E-state index contributed by atoms with van der Waals surface area (Å²) in [5.41, 5.74) is -0.317. The number of Topliss-reactive ketones (excluding diaryl/α,β-unsaturated/α-hetero) is 2. The number of epoxide rings is 1. The maximum atomic E-state index is 13.1. The molecule has 0 N–H and O–H groups in total. The smallest absolute Gasteiger partial charge is 0.202 e. The zero-order chi connectivity index (χ0) is 16.6. The van der Waals surface area contributed by atoms with Gasteiger partial charge in [-0.3, -0.25) is 9.59 Å². The summed E-state index contributed by atoms with van der Waals surface area (Å²) in [6.45, 7) is 3.56. The van der Waals surface area contributed by atoms with Gasteiger partial charge >= 0.3 is 0 Å². The van der Waals surface area contributed by atoms with Crippen LogP contribution in [0.1, 0.15) is 29.8 Å². The first kappa shape index (κ1) is 15.6. The first-order valence-electron chi connectivity index (χ1n) is 7.54. The molecule has 0 bridgehead atoms. The summed E-state index contributed by atoms with van der Waals surface area (Å²) in [4.78, 5) is 25.3. The lowest BCUT2D eigenvalue weighted by molar-refractivity contribution is -0.123. The van der Waals surface area contributed by atoms with Crippen molar-refractivity contribution in [3.63, 3.8) is 0 Å². The van der Waals surface area contributed by atoms with Crippen LogP contribution in [0.15, 0.2) is 54.6 Å². The quantitative estimate of drug-likeness (QED) is 0.627. The summed E-state index contributed by atoms with van der Waals surface area (Å²) < 4.78 is 18.8. The van der Waals surface area contributed by atoms with Crippen molar-refractivity contribution in [3.8, 4) is 0 Å². The standard InChI is InChI=1S/C19H17FO3/c1-12(2)16(21)18-19(23-18,14-6-4-3-5-7-14)17(22)13-8-10-15(20)11-9-13/h3-12,18H,1-2H3. The predicted molar refractivity (Wildman–Crippen MR) is 83.6 cm³/mol. The first-order valence-corrected chi connectivity index (χ1v) is 7.54. The van der Waals surface area contributed by atoms with Crippen LogP contribution in [0.5, 0.6) is 0 Å². The van der Waals surface area contributed by atoms with Crippen LogP contribution in [0, 0.1) is 11.7 Å². The van der Waals surface area contributed by atoms with E-state index in [-0.39, 0.29) is 17.5 Å². The molecule has 0 aromatic heterocycles. The van der Waals surface area contributed by atoms with Gasteiger partial charge in [-0.15, -0.1) is 0 Å². The summed E-state index contributed by atoms with van der Waals surface area (Å²) in [5.74, 6) is -1.07. The van der Waals surface area contributed by atoms with Gasteiger partial charge in [-0.25, -0.2) is 4.39 Å². The zero-order valence-electron chi connectivity index (χ0n) is 13.0. The Labute approximate surface area is 134 Å². The lowest BCUT2D eigenvalue weighted by atomic mass is 9.84. The Kier molecular flexibility index (Phi) is 3.86. The molecule has 2 unspecified atom stereocenters. The van der Waals surface area contributed by atoms with Crippen LogP contribution in [0.4, 0.5) is 4.39 Å². The zero-order valence-corrected chi connectivity index (χ0v) is 13.0. The fraction of sp³-hybridized carbons (Fsp3) is 0.263. The van der Waals surface area contributed by atoms with Crippen LogP contribution in [-0.4, -0.2) is 17.7 Å². The Bertz CT molecular complexity index is 737. The van der Waals surface area contributed by atoms with Crippen molar-refractivity contribution in [2.75, 3.05) is 0 Å². The number of ketones is 2. The number of rotatable bonds is 5. The number of hydrogen-bond donors (Lipinski definition) is 0. The highest BCUT2D eigenvalue weighted by Crippen LogP contribution is 2.50. The predicted octanol–water partition coefficient (Wildman–Crippen LogP) is 3.53. The highest BCUT2D eigenvalue weighted by molar-refractivity contribution is 6.10. The molecule has 1 aliphatic rings. The normalized spacial score (nSPS) is 22.9. The minimum absolute atomic E-state index is 0.107. The molecule has 0 spiro atoms. The van der Waals surface area contributed by atoms with Gasteiger partial charge < -0.3 is 4.74 Å². The number of benzene rings is 2. The van der Waals surface area contributed by atoms with Crippen LogP contribution in [0.25, 0.3) is 0 Å². The van der Waals surface area contributed by atoms with Gasteiger partial charge in [0.15, 0.2) is 17.5 Å². The highest BCUT2D eigenvalue weighted by atomic mass is 19.1. The van der Waals surface area contributed by atoms with E-state index in [2.05, 4.69) is 0 Å². The van der Waals surface area contributed by atoms with Crippen molar-refractivity contribution >= 4 is 11.6 Å². The molecule has 1 heterocycles. The number of halogens is 1. The van der Waals surface area contributed by atoms with E-state index < -0.39 is 17.5 Å². The first-order chi connectivity index (χ1) is 11.0. The van der Waals surface area contributed by atoms with Gasteiger partial charge in [-0.2, -0.15) is 0 Å². The Morgan fingerprint density at radius 2 is 1.65 bits per heavy atom. The molecule has 2 aromatic carbocycles. The maximum absolute atomic E-state index is 13.1. The minimum atomic E-state index is -1.29. The molecule has 3 nitrogen and oxygen atoms in total. The third-order valence-electron chi connectivity index (χ3n) is 4.09. The van der Waals surface area contributed by atoms with Crippen molar-refractivity contribution in [2.45, 2.75) is 25.6 Å². The fourth-order valence-corrected chi connectivity index (χ4v) is 2.74. The molecule has 0 aliphatic carbocycles. The van der Waals surface area contributed by atoms with Gasteiger partial charge in [0.2, 0.25) is 5.78 Å². The van der Waals surface area contributed by atoms with Crippen molar-refractivity contribution in [2.24, 2.45) is 5.92 Å². The Hall–Kier alpha value is -2.33. The van der Waals surface area contributed by atoms with Crippen molar-refractivity contribution in [3.05, 3.63) is 71.5 Å². The second-order valence-electron chi connectivity index (χ2n) is 5.99. The van der Waals surface area contributed by atoms with E-state index >= 15 is 0 Å². The van der Waals surface area contributed by atoms with Gasteiger partial charge in [-0.1, -0.05) is 44.2 Å². The highest BCUT2D eigenvalue weighted by Gasteiger charge is 2.66. The topological polar surface area (TPSA) is 46.7 Å². The largest absolute Gasteiger partial charge is 0.344 e. The minimum Gasteiger partial charge on any atom is -0.344 e. The number of carbonyl (C=O) groups is 2. The molecule has 0 amide bonds. The molecule has 0 radical (unpaired) electrons. The SMILES string of the molecule is CC(C)C(=O)C1OC1(C(=O)c1ccc(F)cc1)c1ccccc1. The van der Waals surface area contributed by atoms with E-state index in [4.69, 9.17) is 4.74 Å². The second kappa shape index (κ2) is 5.70. The van der Waals surface area contributed by atoms with Gasteiger partial charge in [0, 0.05) is 11.5 Å².